The van der Waals surface area contributed by atoms with E-state index in [-0.39, 0.29) is 5.92 Å². The summed E-state index contributed by atoms with van der Waals surface area (Å²) < 4.78 is 0. The normalized spacial score (nSPS) is 27.9. The van der Waals surface area contributed by atoms with Gasteiger partial charge in [0.1, 0.15) is 0 Å². The van der Waals surface area contributed by atoms with Gasteiger partial charge in [-0.3, -0.25) is 9.69 Å². The predicted octanol–water partition coefficient (Wildman–Crippen LogP) is 0.215. The Morgan fingerprint density at radius 3 is 3.06 bits per heavy atom. The summed E-state index contributed by atoms with van der Waals surface area (Å²) in [7, 11) is 0. The predicted molar refractivity (Wildman–Crippen MR) is 67.1 cm³/mol. The summed E-state index contributed by atoms with van der Waals surface area (Å²) in [6, 6.07) is 0.430. The monoisotopic (exact) mass is 241 g/mol. The highest BCUT2D eigenvalue weighted by molar-refractivity contribution is 7.80. The quantitative estimate of drug-likeness (QED) is 0.718. The Bertz CT molecular complexity index is 308. The van der Waals surface area contributed by atoms with Crippen molar-refractivity contribution in [2.45, 2.75) is 25.8 Å². The molecule has 0 saturated carbocycles. The van der Waals surface area contributed by atoms with Crippen LogP contribution in [0.3, 0.4) is 0 Å². The molecular weight excluding hydrogens is 222 g/mol. The Kier molecular flexibility index (Phi) is 3.44. The highest BCUT2D eigenvalue weighted by Crippen LogP contribution is 2.23. The number of carbonyl (C=O) groups excluding carboxylic acids is 1. The van der Waals surface area contributed by atoms with Crippen molar-refractivity contribution in [2.75, 3.05) is 26.2 Å². The number of nitrogens with two attached hydrogens (primary N) is 1. The summed E-state index contributed by atoms with van der Waals surface area (Å²) >= 11 is 4.99. The molecule has 0 aromatic heterocycles. The Labute approximate surface area is 102 Å². The lowest BCUT2D eigenvalue weighted by Crippen LogP contribution is -2.52. The zero-order valence-corrected chi connectivity index (χ0v) is 10.5. The number of hydrogen-bond donors (Lipinski definition) is 1. The maximum Gasteiger partial charge on any atom is 0.222 e. The second kappa shape index (κ2) is 4.67. The van der Waals surface area contributed by atoms with Gasteiger partial charge in [0.05, 0.1) is 4.99 Å². The number of carbonyl (C=O) groups is 1. The van der Waals surface area contributed by atoms with Crippen molar-refractivity contribution >= 4 is 23.1 Å². The van der Waals surface area contributed by atoms with E-state index >= 15 is 0 Å². The highest BCUT2D eigenvalue weighted by Gasteiger charge is 2.35. The minimum absolute atomic E-state index is 0.263. The molecule has 16 heavy (non-hydrogen) atoms. The van der Waals surface area contributed by atoms with Crippen LogP contribution in [0, 0.1) is 5.92 Å². The molecule has 0 aromatic rings. The van der Waals surface area contributed by atoms with Crippen LogP contribution in [0.1, 0.15) is 19.8 Å². The molecule has 90 valence electrons. The lowest BCUT2D eigenvalue weighted by Gasteiger charge is -2.38. The molecule has 0 spiro atoms. The van der Waals surface area contributed by atoms with Crippen molar-refractivity contribution in [2.24, 2.45) is 11.7 Å². The van der Waals surface area contributed by atoms with E-state index in [0.717, 1.165) is 39.0 Å². The van der Waals surface area contributed by atoms with Gasteiger partial charge in [0.15, 0.2) is 0 Å². The van der Waals surface area contributed by atoms with E-state index in [1.54, 1.807) is 0 Å². The van der Waals surface area contributed by atoms with Gasteiger partial charge in [-0.1, -0.05) is 19.1 Å². The Balaban J connectivity index is 1.87. The average molecular weight is 241 g/mol. The van der Waals surface area contributed by atoms with Crippen LogP contribution < -0.4 is 5.73 Å². The molecule has 2 rings (SSSR count). The fraction of sp³-hybridized carbons (Fsp3) is 0.818. The number of piperazine rings is 1. The maximum atomic E-state index is 11.5. The van der Waals surface area contributed by atoms with Gasteiger partial charge in [-0.15, -0.1) is 0 Å². The Morgan fingerprint density at radius 1 is 1.62 bits per heavy atom. The van der Waals surface area contributed by atoms with Crippen LogP contribution in [0.5, 0.6) is 0 Å². The van der Waals surface area contributed by atoms with Crippen LogP contribution in [0.15, 0.2) is 0 Å². The third-order valence-corrected chi connectivity index (χ3v) is 4.00. The van der Waals surface area contributed by atoms with E-state index in [1.807, 2.05) is 4.90 Å². The number of fused-ring (bicyclic) bond motifs is 1. The summed E-state index contributed by atoms with van der Waals surface area (Å²) in [6.45, 7) is 5.80. The van der Waals surface area contributed by atoms with Crippen molar-refractivity contribution in [3.05, 3.63) is 0 Å². The molecule has 2 atom stereocenters. The molecule has 0 aromatic carbocycles. The zero-order chi connectivity index (χ0) is 11.7. The van der Waals surface area contributed by atoms with Crippen molar-refractivity contribution in [3.8, 4) is 0 Å². The van der Waals surface area contributed by atoms with E-state index in [1.165, 1.54) is 0 Å². The van der Waals surface area contributed by atoms with E-state index < -0.39 is 0 Å². The first-order valence-electron chi connectivity index (χ1n) is 5.89. The molecule has 2 aliphatic rings. The van der Waals surface area contributed by atoms with Gasteiger partial charge in [-0.25, -0.2) is 0 Å². The number of rotatable bonds is 3. The molecule has 0 aliphatic carbocycles. The fourth-order valence-corrected chi connectivity index (χ4v) is 2.65. The van der Waals surface area contributed by atoms with Gasteiger partial charge in [0, 0.05) is 44.6 Å². The number of amides is 1. The first kappa shape index (κ1) is 11.8. The van der Waals surface area contributed by atoms with Gasteiger partial charge in [0.2, 0.25) is 5.91 Å². The number of nitrogens with zero attached hydrogens (tertiary/aromatic N) is 2. The molecule has 0 bridgehead atoms. The summed E-state index contributed by atoms with van der Waals surface area (Å²) in [5.41, 5.74) is 5.62. The lowest BCUT2D eigenvalue weighted by atomic mass is 10.1. The SMILES string of the molecule is CC(CN1CCN2C(=O)CCC2C1)C(N)=S. The second-order valence-electron chi connectivity index (χ2n) is 4.84. The van der Waals surface area contributed by atoms with Crippen LogP contribution in [0.4, 0.5) is 0 Å². The molecule has 1 amide bonds. The standard InChI is InChI=1S/C11H19N3OS/c1-8(11(12)16)6-13-4-5-14-9(7-13)2-3-10(14)15/h8-9H,2-7H2,1H3,(H2,12,16). The number of thiocarbonyl (C=S) groups is 1. The van der Waals surface area contributed by atoms with Crippen LogP contribution >= 0.6 is 12.2 Å². The highest BCUT2D eigenvalue weighted by atomic mass is 32.1. The van der Waals surface area contributed by atoms with Crippen LogP contribution in [0.2, 0.25) is 0 Å². The minimum atomic E-state index is 0.263. The van der Waals surface area contributed by atoms with Gasteiger partial charge in [-0.2, -0.15) is 0 Å². The zero-order valence-electron chi connectivity index (χ0n) is 9.69. The Hall–Kier alpha value is -0.680. The molecule has 5 heteroatoms. The molecule has 0 radical (unpaired) electrons. The average Bonchev–Trinajstić information content (AvgIpc) is 2.60. The van der Waals surface area contributed by atoms with Gasteiger partial charge >= 0.3 is 0 Å². The van der Waals surface area contributed by atoms with E-state index in [2.05, 4.69) is 11.8 Å². The largest absolute Gasteiger partial charge is 0.393 e. The molecule has 2 heterocycles. The van der Waals surface area contributed by atoms with Crippen molar-refractivity contribution < 1.29 is 4.79 Å². The van der Waals surface area contributed by atoms with Crippen LogP contribution in [-0.4, -0.2) is 52.9 Å². The van der Waals surface area contributed by atoms with Crippen LogP contribution in [-0.2, 0) is 4.79 Å². The molecule has 2 saturated heterocycles. The van der Waals surface area contributed by atoms with Crippen LogP contribution in [0.25, 0.3) is 0 Å². The molecule has 2 unspecified atom stereocenters. The van der Waals surface area contributed by atoms with Gasteiger partial charge in [-0.05, 0) is 6.42 Å². The van der Waals surface area contributed by atoms with Crippen molar-refractivity contribution in [3.63, 3.8) is 0 Å². The molecule has 2 aliphatic heterocycles. The topological polar surface area (TPSA) is 49.6 Å². The third-order valence-electron chi connectivity index (χ3n) is 3.60. The molecule has 2 fully saturated rings. The summed E-state index contributed by atoms with van der Waals surface area (Å²) in [4.78, 5) is 16.5. The van der Waals surface area contributed by atoms with E-state index in [0.29, 0.717) is 16.9 Å². The first-order valence-corrected chi connectivity index (χ1v) is 6.30. The maximum absolute atomic E-state index is 11.5. The van der Waals surface area contributed by atoms with Gasteiger partial charge in [0.25, 0.3) is 0 Å². The van der Waals surface area contributed by atoms with Crippen molar-refractivity contribution in [1.29, 1.82) is 0 Å². The summed E-state index contributed by atoms with van der Waals surface area (Å²) in [5, 5.41) is 0. The lowest BCUT2D eigenvalue weighted by molar-refractivity contribution is -0.130. The molecule has 4 nitrogen and oxygen atoms in total. The van der Waals surface area contributed by atoms with E-state index in [4.69, 9.17) is 18.0 Å². The van der Waals surface area contributed by atoms with Gasteiger partial charge < -0.3 is 10.6 Å². The number of hydrogen-bond acceptors (Lipinski definition) is 3. The first-order chi connectivity index (χ1) is 7.58. The summed E-state index contributed by atoms with van der Waals surface area (Å²) in [6.07, 6.45) is 1.74. The third kappa shape index (κ3) is 2.35. The van der Waals surface area contributed by atoms with Crippen molar-refractivity contribution in [1.82, 2.24) is 9.80 Å². The molecular formula is C11H19N3OS. The van der Waals surface area contributed by atoms with E-state index in [9.17, 15) is 4.79 Å². The fourth-order valence-electron chi connectivity index (χ4n) is 2.57. The minimum Gasteiger partial charge on any atom is -0.393 e. The Morgan fingerprint density at radius 2 is 2.38 bits per heavy atom. The summed E-state index contributed by atoms with van der Waals surface area (Å²) in [5.74, 6) is 0.589. The second-order valence-corrected chi connectivity index (χ2v) is 5.31. The smallest absolute Gasteiger partial charge is 0.222 e. The molecule has 2 N–H and O–H groups in total.